The lowest BCUT2D eigenvalue weighted by Gasteiger charge is -2.07. The van der Waals surface area contributed by atoms with E-state index in [2.05, 4.69) is 0 Å². The van der Waals surface area contributed by atoms with Crippen LogP contribution in [0.2, 0.25) is 0 Å². The van der Waals surface area contributed by atoms with Crippen LogP contribution in [-0.2, 0) is 16.6 Å². The van der Waals surface area contributed by atoms with E-state index in [1.54, 1.807) is 0 Å². The monoisotopic (exact) mass is 259 g/mol. The van der Waals surface area contributed by atoms with Crippen molar-refractivity contribution in [3.05, 3.63) is 59.2 Å². The van der Waals surface area contributed by atoms with E-state index < -0.39 is 10.8 Å². The molecule has 18 heavy (non-hydrogen) atoms. The van der Waals surface area contributed by atoms with Gasteiger partial charge in [-0.15, -0.1) is 0 Å². The Balaban J connectivity index is 2.24. The van der Waals surface area contributed by atoms with Crippen LogP contribution in [0.3, 0.4) is 0 Å². The highest BCUT2D eigenvalue weighted by molar-refractivity contribution is 7.84. The van der Waals surface area contributed by atoms with Gasteiger partial charge in [-0.2, -0.15) is 0 Å². The third-order valence-electron chi connectivity index (χ3n) is 2.84. The van der Waals surface area contributed by atoms with Crippen molar-refractivity contribution in [3.63, 3.8) is 0 Å². The van der Waals surface area contributed by atoms with E-state index in [1.165, 1.54) is 0 Å². The van der Waals surface area contributed by atoms with Crippen LogP contribution in [0, 0.1) is 13.8 Å². The summed E-state index contributed by atoms with van der Waals surface area (Å²) in [6, 6.07) is 13.6. The maximum Gasteiger partial charge on any atom is 0.0576 e. The molecule has 0 aliphatic rings. The summed E-state index contributed by atoms with van der Waals surface area (Å²) in [6.45, 7) is 4.01. The predicted molar refractivity (Wildman–Crippen MR) is 76.9 cm³/mol. The summed E-state index contributed by atoms with van der Waals surface area (Å²) in [6.07, 6.45) is 0. The molecule has 2 aromatic carbocycles. The lowest BCUT2D eigenvalue weighted by molar-refractivity contribution is 0.682. The van der Waals surface area contributed by atoms with Gasteiger partial charge in [0.25, 0.3) is 0 Å². The van der Waals surface area contributed by atoms with E-state index in [4.69, 9.17) is 5.73 Å². The van der Waals surface area contributed by atoms with Gasteiger partial charge in [-0.1, -0.05) is 24.3 Å². The highest BCUT2D eigenvalue weighted by Crippen LogP contribution is 2.19. The molecule has 0 bridgehead atoms. The van der Waals surface area contributed by atoms with E-state index >= 15 is 0 Å². The number of benzene rings is 2. The van der Waals surface area contributed by atoms with E-state index in [0.29, 0.717) is 11.4 Å². The average Bonchev–Trinajstić information content (AvgIpc) is 2.32. The minimum atomic E-state index is -1.02. The Kier molecular flexibility index (Phi) is 3.82. The number of nitrogen functional groups attached to an aromatic ring is 1. The molecule has 2 nitrogen and oxygen atoms in total. The van der Waals surface area contributed by atoms with Gasteiger partial charge in [-0.05, 0) is 48.7 Å². The van der Waals surface area contributed by atoms with Gasteiger partial charge in [-0.3, -0.25) is 4.21 Å². The summed E-state index contributed by atoms with van der Waals surface area (Å²) in [5.74, 6) is 0.509. The summed E-state index contributed by atoms with van der Waals surface area (Å²) >= 11 is 0. The van der Waals surface area contributed by atoms with E-state index in [-0.39, 0.29) is 0 Å². The van der Waals surface area contributed by atoms with Crippen molar-refractivity contribution in [2.45, 2.75) is 24.5 Å². The fraction of sp³-hybridized carbons (Fsp3) is 0.200. The molecule has 0 radical (unpaired) electrons. The first kappa shape index (κ1) is 12.8. The van der Waals surface area contributed by atoms with Gasteiger partial charge in [0, 0.05) is 10.6 Å². The first-order chi connectivity index (χ1) is 8.56. The molecule has 0 saturated carbocycles. The van der Waals surface area contributed by atoms with Gasteiger partial charge in [0.2, 0.25) is 0 Å². The largest absolute Gasteiger partial charge is 0.399 e. The van der Waals surface area contributed by atoms with Crippen molar-refractivity contribution >= 4 is 16.5 Å². The van der Waals surface area contributed by atoms with Crippen molar-refractivity contribution in [1.82, 2.24) is 0 Å². The average molecular weight is 259 g/mol. The Hall–Kier alpha value is -1.61. The number of aryl methyl sites for hydroxylation is 2. The Morgan fingerprint density at radius 3 is 2.61 bits per heavy atom. The summed E-state index contributed by atoms with van der Waals surface area (Å²) in [5.41, 5.74) is 9.66. The van der Waals surface area contributed by atoms with E-state index in [1.807, 2.05) is 56.3 Å². The first-order valence-electron chi connectivity index (χ1n) is 5.86. The van der Waals surface area contributed by atoms with Crippen LogP contribution >= 0.6 is 0 Å². The van der Waals surface area contributed by atoms with Crippen LogP contribution in [0.1, 0.15) is 16.7 Å². The van der Waals surface area contributed by atoms with E-state index in [0.717, 1.165) is 21.6 Å². The third-order valence-corrected chi connectivity index (χ3v) is 4.36. The Bertz CT molecular complexity index is 593. The summed E-state index contributed by atoms with van der Waals surface area (Å²) in [7, 11) is -1.02. The molecule has 2 rings (SSSR count). The number of anilines is 1. The standard InChI is InChI=1S/C15H17NOS/c1-11-6-7-12(2)15(8-11)18(17)10-13-4-3-5-14(16)9-13/h3-9H,10,16H2,1-2H3. The number of rotatable bonds is 3. The fourth-order valence-corrected chi connectivity index (χ4v) is 3.25. The maximum atomic E-state index is 12.4. The van der Waals surface area contributed by atoms with Gasteiger partial charge in [0.05, 0.1) is 16.6 Å². The summed E-state index contributed by atoms with van der Waals surface area (Å²) < 4.78 is 12.4. The second-order valence-corrected chi connectivity index (χ2v) is 5.92. The fourth-order valence-electron chi connectivity index (χ4n) is 1.86. The molecule has 1 unspecified atom stereocenters. The highest BCUT2D eigenvalue weighted by atomic mass is 32.2. The van der Waals surface area contributed by atoms with Gasteiger partial charge in [-0.25, -0.2) is 0 Å². The molecule has 0 heterocycles. The predicted octanol–water partition coefficient (Wildman–Crippen LogP) is 3.19. The van der Waals surface area contributed by atoms with Crippen molar-refractivity contribution < 1.29 is 4.21 Å². The molecule has 94 valence electrons. The number of nitrogens with two attached hydrogens (primary N) is 1. The van der Waals surface area contributed by atoms with Crippen LogP contribution in [0.25, 0.3) is 0 Å². The van der Waals surface area contributed by atoms with Crippen molar-refractivity contribution in [2.24, 2.45) is 0 Å². The second kappa shape index (κ2) is 5.36. The highest BCUT2D eigenvalue weighted by Gasteiger charge is 2.08. The van der Waals surface area contributed by atoms with Crippen LogP contribution in [0.5, 0.6) is 0 Å². The Morgan fingerprint density at radius 2 is 1.89 bits per heavy atom. The van der Waals surface area contributed by atoms with Crippen molar-refractivity contribution in [3.8, 4) is 0 Å². The molecule has 2 aromatic rings. The van der Waals surface area contributed by atoms with Crippen molar-refractivity contribution in [2.75, 3.05) is 5.73 Å². The molecule has 3 heteroatoms. The van der Waals surface area contributed by atoms with Gasteiger partial charge in [0.15, 0.2) is 0 Å². The molecule has 0 spiro atoms. The molecular formula is C15H17NOS. The lowest BCUT2D eigenvalue weighted by atomic mass is 10.2. The zero-order chi connectivity index (χ0) is 13.1. The smallest absolute Gasteiger partial charge is 0.0576 e. The SMILES string of the molecule is Cc1ccc(C)c(S(=O)Cc2cccc(N)c2)c1. The minimum absolute atomic E-state index is 0.509. The van der Waals surface area contributed by atoms with Crippen molar-refractivity contribution in [1.29, 1.82) is 0 Å². The topological polar surface area (TPSA) is 43.1 Å². The normalized spacial score (nSPS) is 12.3. The molecular weight excluding hydrogens is 242 g/mol. The van der Waals surface area contributed by atoms with Crippen LogP contribution in [-0.4, -0.2) is 4.21 Å². The quantitative estimate of drug-likeness (QED) is 0.860. The second-order valence-electron chi connectivity index (χ2n) is 4.50. The molecule has 2 N–H and O–H groups in total. The molecule has 0 saturated heterocycles. The number of hydrogen-bond acceptors (Lipinski definition) is 2. The minimum Gasteiger partial charge on any atom is -0.399 e. The van der Waals surface area contributed by atoms with Gasteiger partial charge >= 0.3 is 0 Å². The molecule has 0 aliphatic carbocycles. The molecule has 0 amide bonds. The maximum absolute atomic E-state index is 12.4. The molecule has 1 atom stereocenters. The molecule has 0 aliphatic heterocycles. The summed E-state index contributed by atoms with van der Waals surface area (Å²) in [5, 5.41) is 0. The van der Waals surface area contributed by atoms with Gasteiger partial charge in [0.1, 0.15) is 0 Å². The third kappa shape index (κ3) is 2.99. The van der Waals surface area contributed by atoms with Crippen LogP contribution in [0.15, 0.2) is 47.4 Å². The molecule has 0 fully saturated rings. The molecule has 0 aromatic heterocycles. The zero-order valence-electron chi connectivity index (χ0n) is 10.6. The van der Waals surface area contributed by atoms with E-state index in [9.17, 15) is 4.21 Å². The summed E-state index contributed by atoms with van der Waals surface area (Å²) in [4.78, 5) is 0.914. The Labute approximate surface area is 110 Å². The zero-order valence-corrected chi connectivity index (χ0v) is 11.5. The van der Waals surface area contributed by atoms with Crippen LogP contribution < -0.4 is 5.73 Å². The first-order valence-corrected chi connectivity index (χ1v) is 7.18. The number of hydrogen-bond donors (Lipinski definition) is 1. The Morgan fingerprint density at radius 1 is 1.11 bits per heavy atom. The lowest BCUT2D eigenvalue weighted by Crippen LogP contribution is -2.00. The van der Waals surface area contributed by atoms with Gasteiger partial charge < -0.3 is 5.73 Å². The van der Waals surface area contributed by atoms with Crippen LogP contribution in [0.4, 0.5) is 5.69 Å².